The average molecular weight is 237 g/mol. The first-order valence-corrected chi connectivity index (χ1v) is 6.04. The molecule has 0 aromatic carbocycles. The van der Waals surface area contributed by atoms with Crippen LogP contribution in [0.25, 0.3) is 0 Å². The van der Waals surface area contributed by atoms with E-state index in [-0.39, 0.29) is 5.91 Å². The maximum atomic E-state index is 11.7. The van der Waals surface area contributed by atoms with Gasteiger partial charge in [0.1, 0.15) is 5.92 Å². The van der Waals surface area contributed by atoms with Gasteiger partial charge in [0, 0.05) is 4.88 Å². The summed E-state index contributed by atoms with van der Waals surface area (Å²) < 4.78 is 0. The molecule has 0 radical (unpaired) electrons. The van der Waals surface area contributed by atoms with Crippen LogP contribution in [0.4, 0.5) is 5.13 Å². The van der Waals surface area contributed by atoms with Crippen molar-refractivity contribution in [1.29, 1.82) is 5.26 Å². The smallest absolute Gasteiger partial charge is 0.243 e. The number of carbonyl (C=O) groups excluding carboxylic acids is 1. The molecule has 1 rings (SSSR count). The van der Waals surface area contributed by atoms with Crippen molar-refractivity contribution in [2.45, 2.75) is 33.6 Å². The predicted octanol–water partition coefficient (Wildman–Crippen LogP) is 2.64. The molecule has 1 aromatic heterocycles. The van der Waals surface area contributed by atoms with E-state index in [2.05, 4.69) is 10.3 Å². The normalized spacial score (nSPS) is 11.9. The topological polar surface area (TPSA) is 65.8 Å². The Hall–Kier alpha value is -1.41. The Balaban J connectivity index is 2.67. The summed E-state index contributed by atoms with van der Waals surface area (Å²) in [4.78, 5) is 17.0. The summed E-state index contributed by atoms with van der Waals surface area (Å²) in [5.74, 6) is -0.826. The highest BCUT2D eigenvalue weighted by molar-refractivity contribution is 7.15. The van der Waals surface area contributed by atoms with Crippen LogP contribution < -0.4 is 5.32 Å². The van der Waals surface area contributed by atoms with Crippen molar-refractivity contribution in [3.05, 3.63) is 10.6 Å². The molecule has 0 saturated heterocycles. The minimum atomic E-state index is -0.575. The van der Waals surface area contributed by atoms with Gasteiger partial charge in [0.25, 0.3) is 0 Å². The van der Waals surface area contributed by atoms with Crippen molar-refractivity contribution < 1.29 is 4.79 Å². The first-order valence-electron chi connectivity index (χ1n) is 5.23. The number of carbonyl (C=O) groups is 1. The molecular formula is C11H15N3OS. The quantitative estimate of drug-likeness (QED) is 0.875. The molecule has 0 aliphatic rings. The number of hydrogen-bond acceptors (Lipinski definition) is 4. The van der Waals surface area contributed by atoms with Gasteiger partial charge in [-0.05, 0) is 20.3 Å². The van der Waals surface area contributed by atoms with Gasteiger partial charge in [0.15, 0.2) is 5.13 Å². The van der Waals surface area contributed by atoms with Crippen LogP contribution >= 0.6 is 11.3 Å². The molecule has 1 amide bonds. The molecule has 5 heteroatoms. The van der Waals surface area contributed by atoms with Gasteiger partial charge in [-0.2, -0.15) is 5.26 Å². The minimum Gasteiger partial charge on any atom is -0.301 e. The molecule has 4 nitrogen and oxygen atoms in total. The Morgan fingerprint density at radius 2 is 2.31 bits per heavy atom. The van der Waals surface area contributed by atoms with Gasteiger partial charge in [-0.15, -0.1) is 11.3 Å². The molecule has 0 aliphatic heterocycles. The van der Waals surface area contributed by atoms with Crippen LogP contribution in [-0.2, 0) is 4.79 Å². The standard InChI is InChI=1S/C11H15N3OS/c1-4-5-9(6-12)10(15)14-11-13-7(2)8(3)16-11/h9H,4-5H2,1-3H3,(H,13,14,15). The summed E-state index contributed by atoms with van der Waals surface area (Å²) in [7, 11) is 0. The number of anilines is 1. The third-order valence-electron chi connectivity index (χ3n) is 2.31. The van der Waals surface area contributed by atoms with Gasteiger partial charge in [-0.25, -0.2) is 4.98 Å². The van der Waals surface area contributed by atoms with Gasteiger partial charge in [-0.1, -0.05) is 13.3 Å². The van der Waals surface area contributed by atoms with Crippen LogP contribution in [0.2, 0.25) is 0 Å². The zero-order chi connectivity index (χ0) is 12.1. The average Bonchev–Trinajstić information content (AvgIpc) is 2.54. The molecule has 1 aromatic rings. The van der Waals surface area contributed by atoms with E-state index in [1.165, 1.54) is 11.3 Å². The van der Waals surface area contributed by atoms with Crippen molar-refractivity contribution >= 4 is 22.4 Å². The molecule has 86 valence electrons. The Bertz CT molecular complexity index is 400. The molecule has 1 unspecified atom stereocenters. The van der Waals surface area contributed by atoms with Gasteiger partial charge in [0.05, 0.1) is 11.8 Å². The van der Waals surface area contributed by atoms with Crippen LogP contribution in [0.3, 0.4) is 0 Å². The maximum Gasteiger partial charge on any atom is 0.243 e. The number of aromatic nitrogens is 1. The Kier molecular flexibility index (Phi) is 4.44. The number of amides is 1. The number of hydrogen-bond donors (Lipinski definition) is 1. The van der Waals surface area contributed by atoms with E-state index in [9.17, 15) is 4.79 Å². The van der Waals surface area contributed by atoms with E-state index < -0.39 is 5.92 Å². The number of thiazole rings is 1. The summed E-state index contributed by atoms with van der Waals surface area (Å²) in [6.07, 6.45) is 1.41. The van der Waals surface area contributed by atoms with Crippen molar-refractivity contribution in [1.82, 2.24) is 4.98 Å². The van der Waals surface area contributed by atoms with Crippen LogP contribution in [-0.4, -0.2) is 10.9 Å². The van der Waals surface area contributed by atoms with Crippen LogP contribution in [0.15, 0.2) is 0 Å². The molecule has 0 bridgehead atoms. The SMILES string of the molecule is CCCC(C#N)C(=O)Nc1nc(C)c(C)s1. The summed E-state index contributed by atoms with van der Waals surface area (Å²) in [5.41, 5.74) is 0.921. The van der Waals surface area contributed by atoms with Gasteiger partial charge in [-0.3, -0.25) is 4.79 Å². The number of rotatable bonds is 4. The molecule has 0 spiro atoms. The highest BCUT2D eigenvalue weighted by Gasteiger charge is 2.18. The number of nitrogens with zero attached hydrogens (tertiary/aromatic N) is 2. The van der Waals surface area contributed by atoms with E-state index in [0.29, 0.717) is 11.6 Å². The molecule has 0 fully saturated rings. The van der Waals surface area contributed by atoms with Gasteiger partial charge < -0.3 is 5.32 Å². The summed E-state index contributed by atoms with van der Waals surface area (Å²) in [5, 5.41) is 12.1. The lowest BCUT2D eigenvalue weighted by Gasteiger charge is -2.06. The Morgan fingerprint density at radius 3 is 2.75 bits per heavy atom. The van der Waals surface area contributed by atoms with E-state index in [1.807, 2.05) is 26.8 Å². The number of nitriles is 1. The monoisotopic (exact) mass is 237 g/mol. The molecule has 1 heterocycles. The van der Waals surface area contributed by atoms with E-state index in [0.717, 1.165) is 17.0 Å². The third-order valence-corrected chi connectivity index (χ3v) is 3.30. The molecule has 1 N–H and O–H groups in total. The van der Waals surface area contributed by atoms with Crippen LogP contribution in [0.5, 0.6) is 0 Å². The summed E-state index contributed by atoms with van der Waals surface area (Å²) in [6.45, 7) is 5.81. The zero-order valence-corrected chi connectivity index (χ0v) is 10.5. The first-order chi connectivity index (χ1) is 7.58. The second kappa shape index (κ2) is 5.61. The summed E-state index contributed by atoms with van der Waals surface area (Å²) in [6, 6.07) is 2.01. The van der Waals surface area contributed by atoms with Crippen LogP contribution in [0.1, 0.15) is 30.3 Å². The molecule has 0 aliphatic carbocycles. The lowest BCUT2D eigenvalue weighted by molar-refractivity contribution is -0.118. The van der Waals surface area contributed by atoms with Crippen molar-refractivity contribution in [2.24, 2.45) is 5.92 Å². The highest BCUT2D eigenvalue weighted by atomic mass is 32.1. The molecular weight excluding hydrogens is 222 g/mol. The minimum absolute atomic E-state index is 0.252. The van der Waals surface area contributed by atoms with Crippen molar-refractivity contribution in [3.63, 3.8) is 0 Å². The third kappa shape index (κ3) is 3.04. The van der Waals surface area contributed by atoms with Crippen molar-refractivity contribution in [3.8, 4) is 6.07 Å². The van der Waals surface area contributed by atoms with E-state index in [1.54, 1.807) is 0 Å². The fourth-order valence-electron chi connectivity index (χ4n) is 1.26. The lowest BCUT2D eigenvalue weighted by Crippen LogP contribution is -2.21. The largest absolute Gasteiger partial charge is 0.301 e. The predicted molar refractivity (Wildman–Crippen MR) is 64.2 cm³/mol. The maximum absolute atomic E-state index is 11.7. The van der Waals surface area contributed by atoms with Gasteiger partial charge >= 0.3 is 0 Å². The van der Waals surface area contributed by atoms with Gasteiger partial charge in [0.2, 0.25) is 5.91 Å². The highest BCUT2D eigenvalue weighted by Crippen LogP contribution is 2.22. The van der Waals surface area contributed by atoms with E-state index in [4.69, 9.17) is 5.26 Å². The fraction of sp³-hybridized carbons (Fsp3) is 0.545. The number of nitrogens with one attached hydrogen (secondary N) is 1. The summed E-state index contributed by atoms with van der Waals surface area (Å²) >= 11 is 1.44. The van der Waals surface area contributed by atoms with Crippen molar-refractivity contribution in [2.75, 3.05) is 5.32 Å². The Morgan fingerprint density at radius 1 is 1.62 bits per heavy atom. The van der Waals surface area contributed by atoms with Crippen LogP contribution in [0, 0.1) is 31.1 Å². The fourth-order valence-corrected chi connectivity index (χ4v) is 2.08. The second-order valence-electron chi connectivity index (χ2n) is 3.62. The van der Waals surface area contributed by atoms with E-state index >= 15 is 0 Å². The molecule has 0 saturated carbocycles. The molecule has 16 heavy (non-hydrogen) atoms. The lowest BCUT2D eigenvalue weighted by atomic mass is 10.1. The second-order valence-corrected chi connectivity index (χ2v) is 4.82. The Labute approximate surface area is 99.3 Å². The number of aryl methyl sites for hydroxylation is 2. The zero-order valence-electron chi connectivity index (χ0n) is 9.70. The molecule has 1 atom stereocenters. The first kappa shape index (κ1) is 12.7.